The molecule has 0 aromatic heterocycles. The van der Waals surface area contributed by atoms with Gasteiger partial charge in [-0.3, -0.25) is 0 Å². The molecule has 14 heavy (non-hydrogen) atoms. The monoisotopic (exact) mass is 183 g/mol. The number of fused-ring (bicyclic) bond motifs is 1. The van der Waals surface area contributed by atoms with Gasteiger partial charge in [0.05, 0.1) is 0 Å². The zero-order valence-electron chi connectivity index (χ0n) is 8.11. The molecule has 2 aromatic carbocycles. The average molecular weight is 183 g/mol. The summed E-state index contributed by atoms with van der Waals surface area (Å²) in [6.07, 6.45) is 1.34. The molecule has 0 spiro atoms. The van der Waals surface area contributed by atoms with Gasteiger partial charge in [-0.15, -0.1) is 0 Å². The number of benzene rings is 2. The van der Waals surface area contributed by atoms with Crippen LogP contribution in [0.25, 0.3) is 10.8 Å². The molecule has 0 N–H and O–H groups in total. The fourth-order valence-corrected chi connectivity index (χ4v) is 2.04. The second kappa shape index (κ2) is 3.02. The van der Waals surface area contributed by atoms with Crippen LogP contribution in [0.3, 0.4) is 0 Å². The van der Waals surface area contributed by atoms with Crippen molar-refractivity contribution < 1.29 is 0 Å². The van der Waals surface area contributed by atoms with E-state index < -0.39 is 0 Å². The Kier molecular flexibility index (Phi) is 1.69. The number of nitrogens with zero attached hydrogens (tertiary/aromatic N) is 1. The number of hydrogen-bond donors (Lipinski definition) is 0. The van der Waals surface area contributed by atoms with Gasteiger partial charge in [-0.25, -0.2) is 0 Å². The lowest BCUT2D eigenvalue weighted by Crippen LogP contribution is -2.37. The minimum absolute atomic E-state index is 1.22. The summed E-state index contributed by atoms with van der Waals surface area (Å²) in [6.45, 7) is 2.43. The minimum atomic E-state index is 1.22. The smallest absolute Gasteiger partial charge is 0.0445 e. The molecule has 1 aliphatic heterocycles. The Labute approximate surface area is 84.0 Å². The summed E-state index contributed by atoms with van der Waals surface area (Å²) in [5.74, 6) is 0. The van der Waals surface area contributed by atoms with E-state index in [1.54, 1.807) is 0 Å². The quantitative estimate of drug-likeness (QED) is 0.656. The molecule has 0 amide bonds. The summed E-state index contributed by atoms with van der Waals surface area (Å²) < 4.78 is 0. The van der Waals surface area contributed by atoms with Crippen molar-refractivity contribution in [1.82, 2.24) is 0 Å². The van der Waals surface area contributed by atoms with E-state index >= 15 is 0 Å². The van der Waals surface area contributed by atoms with Crippen molar-refractivity contribution in [1.29, 1.82) is 0 Å². The molecule has 0 aliphatic carbocycles. The number of rotatable bonds is 1. The van der Waals surface area contributed by atoms with Crippen LogP contribution in [-0.4, -0.2) is 13.1 Å². The van der Waals surface area contributed by atoms with Crippen LogP contribution in [0.4, 0.5) is 5.69 Å². The molecule has 0 atom stereocenters. The lowest BCUT2D eigenvalue weighted by molar-refractivity contribution is 0.620. The maximum Gasteiger partial charge on any atom is 0.0445 e. The maximum atomic E-state index is 2.45. The summed E-state index contributed by atoms with van der Waals surface area (Å²) in [7, 11) is 0. The fraction of sp³-hybridized carbons (Fsp3) is 0.231. The van der Waals surface area contributed by atoms with Crippen LogP contribution in [0.15, 0.2) is 42.5 Å². The number of anilines is 1. The largest absolute Gasteiger partial charge is 0.371 e. The lowest BCUT2D eigenvalue weighted by atomic mass is 10.1. The Morgan fingerprint density at radius 3 is 2.43 bits per heavy atom. The average Bonchev–Trinajstić information content (AvgIpc) is 2.16. The highest BCUT2D eigenvalue weighted by Gasteiger charge is 2.15. The van der Waals surface area contributed by atoms with Crippen molar-refractivity contribution in [3.05, 3.63) is 42.5 Å². The molecule has 1 heteroatoms. The normalized spacial score (nSPS) is 15.6. The van der Waals surface area contributed by atoms with Gasteiger partial charge in [0.15, 0.2) is 0 Å². The highest BCUT2D eigenvalue weighted by molar-refractivity contribution is 5.94. The predicted molar refractivity (Wildman–Crippen MR) is 60.8 cm³/mol. The van der Waals surface area contributed by atoms with E-state index in [0.29, 0.717) is 0 Å². The molecule has 0 radical (unpaired) electrons. The van der Waals surface area contributed by atoms with Crippen molar-refractivity contribution in [2.45, 2.75) is 6.42 Å². The van der Waals surface area contributed by atoms with E-state index in [1.165, 1.54) is 36.0 Å². The molecular formula is C13H13N. The fourth-order valence-electron chi connectivity index (χ4n) is 2.04. The van der Waals surface area contributed by atoms with Crippen LogP contribution < -0.4 is 4.90 Å². The van der Waals surface area contributed by atoms with Crippen molar-refractivity contribution >= 4 is 16.5 Å². The molecule has 3 rings (SSSR count). The molecule has 1 fully saturated rings. The third-order valence-corrected chi connectivity index (χ3v) is 2.96. The van der Waals surface area contributed by atoms with Crippen LogP contribution in [0.2, 0.25) is 0 Å². The van der Waals surface area contributed by atoms with Crippen molar-refractivity contribution in [3.63, 3.8) is 0 Å². The molecule has 1 aliphatic rings. The third-order valence-electron chi connectivity index (χ3n) is 2.96. The van der Waals surface area contributed by atoms with Gasteiger partial charge in [-0.1, -0.05) is 36.4 Å². The van der Waals surface area contributed by atoms with Crippen LogP contribution in [0, 0.1) is 0 Å². The van der Waals surface area contributed by atoms with Crippen LogP contribution in [0.1, 0.15) is 6.42 Å². The molecule has 0 saturated carbocycles. The van der Waals surface area contributed by atoms with E-state index in [9.17, 15) is 0 Å². The highest BCUT2D eigenvalue weighted by atomic mass is 15.2. The molecule has 1 heterocycles. The molecule has 1 nitrogen and oxygen atoms in total. The Morgan fingerprint density at radius 2 is 1.64 bits per heavy atom. The number of hydrogen-bond acceptors (Lipinski definition) is 1. The SMILES string of the molecule is c1ccc2c(N3CCC3)cccc2c1. The van der Waals surface area contributed by atoms with Gasteiger partial charge in [-0.2, -0.15) is 0 Å². The van der Waals surface area contributed by atoms with E-state index in [4.69, 9.17) is 0 Å². The van der Waals surface area contributed by atoms with Gasteiger partial charge in [0.1, 0.15) is 0 Å². The predicted octanol–water partition coefficient (Wildman–Crippen LogP) is 3.05. The van der Waals surface area contributed by atoms with E-state index in [2.05, 4.69) is 47.4 Å². The summed E-state index contributed by atoms with van der Waals surface area (Å²) in [5.41, 5.74) is 1.40. The van der Waals surface area contributed by atoms with Crippen molar-refractivity contribution in [3.8, 4) is 0 Å². The highest BCUT2D eigenvalue weighted by Crippen LogP contribution is 2.29. The zero-order chi connectivity index (χ0) is 9.38. The summed E-state index contributed by atoms with van der Waals surface area (Å²) in [6, 6.07) is 15.2. The maximum absolute atomic E-state index is 2.45. The van der Waals surface area contributed by atoms with Gasteiger partial charge in [0.2, 0.25) is 0 Å². The van der Waals surface area contributed by atoms with Gasteiger partial charge in [0.25, 0.3) is 0 Å². The molecule has 70 valence electrons. The Hall–Kier alpha value is -1.50. The van der Waals surface area contributed by atoms with Gasteiger partial charge >= 0.3 is 0 Å². The van der Waals surface area contributed by atoms with E-state index in [0.717, 1.165) is 0 Å². The van der Waals surface area contributed by atoms with Gasteiger partial charge in [0, 0.05) is 24.2 Å². The topological polar surface area (TPSA) is 3.24 Å². The Balaban J connectivity index is 2.22. The zero-order valence-corrected chi connectivity index (χ0v) is 8.11. The van der Waals surface area contributed by atoms with E-state index in [-0.39, 0.29) is 0 Å². The van der Waals surface area contributed by atoms with Crippen molar-refractivity contribution in [2.75, 3.05) is 18.0 Å². The third kappa shape index (κ3) is 1.09. The first-order valence-corrected chi connectivity index (χ1v) is 5.18. The first kappa shape index (κ1) is 7.86. The van der Waals surface area contributed by atoms with Crippen LogP contribution in [0.5, 0.6) is 0 Å². The first-order chi connectivity index (χ1) is 6.95. The molecule has 0 bridgehead atoms. The second-order valence-electron chi connectivity index (χ2n) is 3.84. The van der Waals surface area contributed by atoms with Crippen LogP contribution >= 0.6 is 0 Å². The second-order valence-corrected chi connectivity index (χ2v) is 3.84. The van der Waals surface area contributed by atoms with Gasteiger partial charge in [-0.05, 0) is 17.9 Å². The molecule has 0 unspecified atom stereocenters. The molecular weight excluding hydrogens is 170 g/mol. The Morgan fingerprint density at radius 1 is 0.857 bits per heavy atom. The summed E-state index contributed by atoms with van der Waals surface area (Å²) >= 11 is 0. The van der Waals surface area contributed by atoms with Crippen molar-refractivity contribution in [2.24, 2.45) is 0 Å². The van der Waals surface area contributed by atoms with E-state index in [1.807, 2.05) is 0 Å². The molecule has 1 saturated heterocycles. The van der Waals surface area contributed by atoms with Gasteiger partial charge < -0.3 is 4.90 Å². The molecule has 2 aromatic rings. The Bertz CT molecular complexity index is 452. The minimum Gasteiger partial charge on any atom is -0.371 e. The summed E-state index contributed by atoms with van der Waals surface area (Å²) in [5, 5.41) is 2.73. The lowest BCUT2D eigenvalue weighted by Gasteiger charge is -2.34. The first-order valence-electron chi connectivity index (χ1n) is 5.18. The standard InChI is InChI=1S/C13H13N/c1-2-7-12-11(5-1)6-3-8-13(12)14-9-4-10-14/h1-3,5-8H,4,9-10H2. The van der Waals surface area contributed by atoms with Crippen LogP contribution in [-0.2, 0) is 0 Å². The summed E-state index contributed by atoms with van der Waals surface area (Å²) in [4.78, 5) is 2.45.